The van der Waals surface area contributed by atoms with E-state index in [4.69, 9.17) is 10.3 Å². The maximum atomic E-state index is 11.7. The molecule has 7 heteroatoms. The number of carbonyl (C=O) groups is 1. The molecule has 0 radical (unpaired) electrons. The van der Waals surface area contributed by atoms with E-state index in [1.165, 1.54) is 0 Å². The van der Waals surface area contributed by atoms with Crippen molar-refractivity contribution in [1.82, 2.24) is 5.32 Å². The van der Waals surface area contributed by atoms with Crippen LogP contribution in [0.5, 0.6) is 5.75 Å². The van der Waals surface area contributed by atoms with Crippen LogP contribution in [0.4, 0.5) is 0 Å². The third-order valence-corrected chi connectivity index (χ3v) is 3.87. The number of ether oxygens (including phenoxy) is 1. The number of nitrogens with one attached hydrogen (secondary N) is 1. The molecule has 1 unspecified atom stereocenters. The van der Waals surface area contributed by atoms with Gasteiger partial charge in [0.1, 0.15) is 11.3 Å². The number of hydrogen-bond donors (Lipinski definition) is 2. The number of methoxy groups -OCH3 is 1. The fraction of sp³-hybridized carbons (Fsp3) is 0.500. The SMILES string of the molecule is COc1ccc2c(c1)CC(NCCN=[N+]=[N-])(C(=O)O)CC2. The van der Waals surface area contributed by atoms with Gasteiger partial charge in [-0.3, -0.25) is 4.79 Å². The number of hydrogen-bond acceptors (Lipinski definition) is 4. The Hall–Kier alpha value is -2.24. The van der Waals surface area contributed by atoms with Gasteiger partial charge in [0.05, 0.1) is 7.11 Å². The molecule has 0 saturated carbocycles. The van der Waals surface area contributed by atoms with Crippen LogP contribution in [0.3, 0.4) is 0 Å². The van der Waals surface area contributed by atoms with Gasteiger partial charge in [0.25, 0.3) is 0 Å². The van der Waals surface area contributed by atoms with Gasteiger partial charge in [-0.05, 0) is 41.6 Å². The predicted octanol–water partition coefficient (Wildman–Crippen LogP) is 1.91. The van der Waals surface area contributed by atoms with Crippen LogP contribution in [0.2, 0.25) is 0 Å². The number of rotatable bonds is 6. The van der Waals surface area contributed by atoms with Crippen LogP contribution in [0.1, 0.15) is 17.5 Å². The van der Waals surface area contributed by atoms with Crippen molar-refractivity contribution < 1.29 is 14.6 Å². The van der Waals surface area contributed by atoms with Crippen molar-refractivity contribution in [2.24, 2.45) is 5.11 Å². The summed E-state index contributed by atoms with van der Waals surface area (Å²) in [5, 5.41) is 16.1. The highest BCUT2D eigenvalue weighted by Crippen LogP contribution is 2.31. The molecule has 1 atom stereocenters. The monoisotopic (exact) mass is 290 g/mol. The van der Waals surface area contributed by atoms with E-state index in [0.29, 0.717) is 25.8 Å². The largest absolute Gasteiger partial charge is 0.497 e. The van der Waals surface area contributed by atoms with Crippen molar-refractivity contribution >= 4 is 5.97 Å². The van der Waals surface area contributed by atoms with Crippen molar-refractivity contribution in [3.8, 4) is 5.75 Å². The van der Waals surface area contributed by atoms with Gasteiger partial charge >= 0.3 is 5.97 Å². The summed E-state index contributed by atoms with van der Waals surface area (Å²) < 4.78 is 5.20. The number of aryl methyl sites for hydroxylation is 1. The van der Waals surface area contributed by atoms with Crippen LogP contribution in [-0.4, -0.2) is 36.8 Å². The number of fused-ring (bicyclic) bond motifs is 1. The molecule has 1 aromatic rings. The number of nitrogens with zero attached hydrogens (tertiary/aromatic N) is 3. The number of carboxylic acids is 1. The Morgan fingerprint density at radius 2 is 2.38 bits per heavy atom. The molecular weight excluding hydrogens is 272 g/mol. The van der Waals surface area contributed by atoms with Crippen molar-refractivity contribution in [2.45, 2.75) is 24.8 Å². The summed E-state index contributed by atoms with van der Waals surface area (Å²) >= 11 is 0. The Kier molecular flexibility index (Phi) is 4.67. The normalized spacial score (nSPS) is 20.2. The zero-order valence-corrected chi connectivity index (χ0v) is 11.9. The van der Waals surface area contributed by atoms with Crippen LogP contribution in [0, 0.1) is 0 Å². The van der Waals surface area contributed by atoms with E-state index >= 15 is 0 Å². The smallest absolute Gasteiger partial charge is 0.324 e. The molecule has 2 N–H and O–H groups in total. The lowest BCUT2D eigenvalue weighted by molar-refractivity contribution is -0.145. The highest BCUT2D eigenvalue weighted by Gasteiger charge is 2.40. The molecule has 0 saturated heterocycles. The van der Waals surface area contributed by atoms with Crippen LogP contribution in [0.25, 0.3) is 10.4 Å². The molecule has 0 spiro atoms. The molecule has 1 aliphatic carbocycles. The van der Waals surface area contributed by atoms with E-state index in [1.54, 1.807) is 7.11 Å². The van der Waals surface area contributed by atoms with Gasteiger partial charge in [-0.25, -0.2) is 0 Å². The third kappa shape index (κ3) is 3.26. The van der Waals surface area contributed by atoms with Crippen LogP contribution >= 0.6 is 0 Å². The number of benzene rings is 1. The lowest BCUT2D eigenvalue weighted by atomic mass is 9.77. The predicted molar refractivity (Wildman–Crippen MR) is 77.4 cm³/mol. The fourth-order valence-corrected chi connectivity index (χ4v) is 2.70. The van der Waals surface area contributed by atoms with Crippen LogP contribution in [0.15, 0.2) is 23.3 Å². The molecule has 0 fully saturated rings. The van der Waals surface area contributed by atoms with E-state index < -0.39 is 11.5 Å². The molecule has 0 aliphatic heterocycles. The molecule has 1 aromatic carbocycles. The van der Waals surface area contributed by atoms with Gasteiger partial charge in [-0.2, -0.15) is 0 Å². The van der Waals surface area contributed by atoms with Crippen molar-refractivity contribution in [3.05, 3.63) is 39.8 Å². The summed E-state index contributed by atoms with van der Waals surface area (Å²) in [7, 11) is 1.59. The lowest BCUT2D eigenvalue weighted by Gasteiger charge is -2.35. The van der Waals surface area contributed by atoms with Gasteiger partial charge in [0.15, 0.2) is 0 Å². The third-order valence-electron chi connectivity index (χ3n) is 3.87. The second-order valence-corrected chi connectivity index (χ2v) is 5.08. The number of azide groups is 1. The average Bonchev–Trinajstić information content (AvgIpc) is 2.50. The Morgan fingerprint density at radius 3 is 3.05 bits per heavy atom. The van der Waals surface area contributed by atoms with Gasteiger partial charge in [0, 0.05) is 24.4 Å². The maximum Gasteiger partial charge on any atom is 0.324 e. The molecule has 1 aliphatic rings. The van der Waals surface area contributed by atoms with E-state index in [0.717, 1.165) is 16.9 Å². The second-order valence-electron chi connectivity index (χ2n) is 5.08. The van der Waals surface area contributed by atoms with Gasteiger partial charge in [-0.15, -0.1) is 0 Å². The molecule has 21 heavy (non-hydrogen) atoms. The summed E-state index contributed by atoms with van der Waals surface area (Å²) in [6.07, 6.45) is 1.60. The minimum absolute atomic E-state index is 0.233. The van der Waals surface area contributed by atoms with E-state index in [2.05, 4.69) is 15.3 Å². The molecule has 0 bridgehead atoms. The summed E-state index contributed by atoms with van der Waals surface area (Å²) in [6, 6.07) is 5.77. The minimum atomic E-state index is -1.01. The minimum Gasteiger partial charge on any atom is -0.497 e. The van der Waals surface area contributed by atoms with Gasteiger partial charge in [-0.1, -0.05) is 11.2 Å². The zero-order valence-electron chi connectivity index (χ0n) is 11.9. The first-order valence-corrected chi connectivity index (χ1v) is 6.76. The quantitative estimate of drug-likeness (QED) is 0.361. The van der Waals surface area contributed by atoms with Gasteiger partial charge < -0.3 is 15.2 Å². The van der Waals surface area contributed by atoms with Crippen LogP contribution in [-0.2, 0) is 17.6 Å². The summed E-state index contributed by atoms with van der Waals surface area (Å²) in [5.74, 6) is -0.152. The first kappa shape index (κ1) is 15.2. The molecule has 112 valence electrons. The highest BCUT2D eigenvalue weighted by molar-refractivity contribution is 5.80. The van der Waals surface area contributed by atoms with Crippen molar-refractivity contribution in [1.29, 1.82) is 0 Å². The second kappa shape index (κ2) is 6.47. The zero-order chi connectivity index (χ0) is 15.3. The summed E-state index contributed by atoms with van der Waals surface area (Å²) in [4.78, 5) is 14.4. The van der Waals surface area contributed by atoms with Crippen molar-refractivity contribution in [2.75, 3.05) is 20.2 Å². The Labute approximate surface area is 122 Å². The lowest BCUT2D eigenvalue weighted by Crippen LogP contribution is -2.56. The molecular formula is C14H18N4O3. The Bertz CT molecular complexity index is 584. The fourth-order valence-electron chi connectivity index (χ4n) is 2.70. The average molecular weight is 290 g/mol. The molecule has 7 nitrogen and oxygen atoms in total. The molecule has 0 heterocycles. The van der Waals surface area contributed by atoms with E-state index in [-0.39, 0.29) is 6.54 Å². The number of aliphatic carboxylic acids is 1. The standard InChI is InChI=1S/C14H18N4O3/c1-21-12-3-2-10-4-5-14(13(19)20,9-11(10)8-12)16-6-7-17-18-15/h2-3,8,16H,4-7,9H2,1H3,(H,19,20). The highest BCUT2D eigenvalue weighted by atomic mass is 16.5. The summed E-state index contributed by atoms with van der Waals surface area (Å²) in [5.41, 5.74) is 9.40. The first-order valence-electron chi connectivity index (χ1n) is 6.76. The number of carboxylic acid groups (broad SMARTS) is 1. The maximum absolute atomic E-state index is 11.7. The Morgan fingerprint density at radius 1 is 1.57 bits per heavy atom. The molecule has 0 aromatic heterocycles. The van der Waals surface area contributed by atoms with E-state index in [9.17, 15) is 9.90 Å². The topological polar surface area (TPSA) is 107 Å². The van der Waals surface area contributed by atoms with Crippen molar-refractivity contribution in [3.63, 3.8) is 0 Å². The first-order chi connectivity index (χ1) is 10.1. The molecule has 0 amide bonds. The van der Waals surface area contributed by atoms with Gasteiger partial charge in [0.2, 0.25) is 0 Å². The van der Waals surface area contributed by atoms with Crippen LogP contribution < -0.4 is 10.1 Å². The summed E-state index contributed by atoms with van der Waals surface area (Å²) in [6.45, 7) is 0.576. The molecule has 2 rings (SSSR count). The Balaban J connectivity index is 2.19. The van der Waals surface area contributed by atoms with E-state index in [1.807, 2.05) is 18.2 Å².